The summed E-state index contributed by atoms with van der Waals surface area (Å²) in [6.45, 7) is 1.07. The molecule has 0 saturated carbocycles. The fourth-order valence-electron chi connectivity index (χ4n) is 3.08. The molecule has 1 fully saturated rings. The van der Waals surface area contributed by atoms with Gasteiger partial charge < -0.3 is 20.1 Å². The first-order chi connectivity index (χ1) is 11.7. The van der Waals surface area contributed by atoms with Crippen LogP contribution in [-0.2, 0) is 6.54 Å². The molecule has 2 aromatic rings. The quantitative estimate of drug-likeness (QED) is 0.858. The number of hydrogen-bond acceptors (Lipinski definition) is 6. The minimum Gasteiger partial charge on any atom is -0.497 e. The van der Waals surface area contributed by atoms with E-state index in [1.165, 1.54) is 11.3 Å². The monoisotopic (exact) mass is 383 g/mol. The maximum atomic E-state index is 12.8. The first-order valence-corrected chi connectivity index (χ1v) is 8.73. The predicted octanol–water partition coefficient (Wildman–Crippen LogP) is 3.02. The highest BCUT2D eigenvalue weighted by Crippen LogP contribution is 2.39. The van der Waals surface area contributed by atoms with Gasteiger partial charge >= 0.3 is 0 Å². The minimum atomic E-state index is -0.0497. The van der Waals surface area contributed by atoms with Crippen LogP contribution in [0.5, 0.6) is 11.5 Å². The number of carbonyl (C=O) groups is 1. The lowest BCUT2D eigenvalue weighted by molar-refractivity contribution is 0.0729. The van der Waals surface area contributed by atoms with Gasteiger partial charge in [-0.3, -0.25) is 4.79 Å². The molecule has 2 N–H and O–H groups in total. The molecule has 0 radical (unpaired) electrons. The number of rotatable bonds is 5. The van der Waals surface area contributed by atoms with Crippen molar-refractivity contribution in [1.82, 2.24) is 9.88 Å². The summed E-state index contributed by atoms with van der Waals surface area (Å²) in [5, 5.41) is 2.56. The first-order valence-electron chi connectivity index (χ1n) is 7.85. The van der Waals surface area contributed by atoms with Crippen LogP contribution in [0.25, 0.3) is 0 Å². The largest absolute Gasteiger partial charge is 0.497 e. The maximum Gasteiger partial charge on any atom is 0.273 e. The number of nitrogens with zero attached hydrogens (tertiary/aromatic N) is 2. The molecule has 1 aliphatic heterocycles. The van der Waals surface area contributed by atoms with Crippen molar-refractivity contribution in [3.63, 3.8) is 0 Å². The zero-order valence-corrected chi connectivity index (χ0v) is 15.9. The summed E-state index contributed by atoms with van der Waals surface area (Å²) in [7, 11) is 3.25. The van der Waals surface area contributed by atoms with Crippen molar-refractivity contribution in [3.05, 3.63) is 39.8 Å². The smallest absolute Gasteiger partial charge is 0.273 e. The van der Waals surface area contributed by atoms with Gasteiger partial charge in [-0.2, -0.15) is 0 Å². The molecule has 1 saturated heterocycles. The molecule has 1 aromatic heterocycles. The first kappa shape index (κ1) is 19.5. The summed E-state index contributed by atoms with van der Waals surface area (Å²) in [5.74, 6) is 1.42. The molecule has 1 aromatic carbocycles. The molecule has 1 amide bonds. The van der Waals surface area contributed by atoms with Crippen LogP contribution in [0.1, 0.15) is 39.9 Å². The molecular weight excluding hydrogens is 362 g/mol. The van der Waals surface area contributed by atoms with Crippen molar-refractivity contribution >= 4 is 29.7 Å². The summed E-state index contributed by atoms with van der Waals surface area (Å²) in [6, 6.07) is 5.71. The third-order valence-electron chi connectivity index (χ3n) is 4.26. The number of hydrogen-bond donors (Lipinski definition) is 1. The summed E-state index contributed by atoms with van der Waals surface area (Å²) in [6.07, 6.45) is 1.86. The summed E-state index contributed by atoms with van der Waals surface area (Å²) < 4.78 is 10.8. The highest BCUT2D eigenvalue weighted by molar-refractivity contribution is 7.09. The molecule has 8 heteroatoms. The van der Waals surface area contributed by atoms with Crippen LogP contribution in [0.15, 0.2) is 23.6 Å². The van der Waals surface area contributed by atoms with Crippen LogP contribution >= 0.6 is 23.7 Å². The minimum absolute atomic E-state index is 0. The van der Waals surface area contributed by atoms with Gasteiger partial charge in [0, 0.05) is 30.1 Å². The van der Waals surface area contributed by atoms with Gasteiger partial charge in [-0.25, -0.2) is 4.98 Å². The van der Waals surface area contributed by atoms with Gasteiger partial charge in [0.15, 0.2) is 0 Å². The van der Waals surface area contributed by atoms with Crippen LogP contribution in [0.2, 0.25) is 0 Å². The SMILES string of the molecule is COc1ccc(C2CCCN2C(=O)c2csc(CN)n2)c(OC)c1.Cl. The molecule has 1 atom stereocenters. The van der Waals surface area contributed by atoms with Gasteiger partial charge in [-0.15, -0.1) is 23.7 Å². The Balaban J connectivity index is 0.00000225. The molecule has 136 valence electrons. The van der Waals surface area contributed by atoms with Crippen molar-refractivity contribution in [3.8, 4) is 11.5 Å². The number of carbonyl (C=O) groups excluding carboxylic acids is 1. The Labute approximate surface area is 157 Å². The molecule has 25 heavy (non-hydrogen) atoms. The van der Waals surface area contributed by atoms with Crippen molar-refractivity contribution in [2.45, 2.75) is 25.4 Å². The van der Waals surface area contributed by atoms with Crippen molar-refractivity contribution in [2.24, 2.45) is 5.73 Å². The maximum absolute atomic E-state index is 12.8. The van der Waals surface area contributed by atoms with E-state index in [2.05, 4.69) is 4.98 Å². The van der Waals surface area contributed by atoms with E-state index >= 15 is 0 Å². The van der Waals surface area contributed by atoms with Crippen molar-refractivity contribution in [1.29, 1.82) is 0 Å². The number of thiazole rings is 1. The molecular formula is C17H22ClN3O3S. The summed E-state index contributed by atoms with van der Waals surface area (Å²) in [5.41, 5.74) is 7.07. The lowest BCUT2D eigenvalue weighted by Crippen LogP contribution is -2.31. The van der Waals surface area contributed by atoms with E-state index in [1.807, 2.05) is 23.1 Å². The molecule has 0 aliphatic carbocycles. The standard InChI is InChI=1S/C17H21N3O3S.ClH/c1-22-11-5-6-12(15(8-11)23-2)14-4-3-7-20(14)17(21)13-10-24-16(9-18)19-13;/h5-6,8,10,14H,3-4,7,9,18H2,1-2H3;1H. The summed E-state index contributed by atoms with van der Waals surface area (Å²) >= 11 is 1.42. The highest BCUT2D eigenvalue weighted by Gasteiger charge is 2.33. The second-order valence-corrected chi connectivity index (χ2v) is 6.54. The van der Waals surface area contributed by atoms with E-state index in [0.29, 0.717) is 18.8 Å². The predicted molar refractivity (Wildman–Crippen MR) is 99.8 cm³/mol. The highest BCUT2D eigenvalue weighted by atomic mass is 35.5. The van der Waals surface area contributed by atoms with Crippen LogP contribution < -0.4 is 15.2 Å². The van der Waals surface area contributed by atoms with Gasteiger partial charge in [-0.05, 0) is 25.0 Å². The Hall–Kier alpha value is -1.83. The molecule has 1 unspecified atom stereocenters. The Kier molecular flexibility index (Phi) is 6.64. The number of nitrogens with two attached hydrogens (primary N) is 1. The Morgan fingerprint density at radius 2 is 2.20 bits per heavy atom. The van der Waals surface area contributed by atoms with E-state index < -0.39 is 0 Å². The fraction of sp³-hybridized carbons (Fsp3) is 0.412. The fourth-order valence-corrected chi connectivity index (χ4v) is 3.73. The number of halogens is 1. The third-order valence-corrected chi connectivity index (χ3v) is 5.13. The van der Waals surface area contributed by atoms with Crippen LogP contribution in [0.3, 0.4) is 0 Å². The second-order valence-electron chi connectivity index (χ2n) is 5.60. The second kappa shape index (κ2) is 8.51. The van der Waals surface area contributed by atoms with Crippen molar-refractivity contribution in [2.75, 3.05) is 20.8 Å². The molecule has 2 heterocycles. The average Bonchev–Trinajstić information content (AvgIpc) is 3.29. The average molecular weight is 384 g/mol. The number of ether oxygens (including phenoxy) is 2. The molecule has 6 nitrogen and oxygen atoms in total. The molecule has 3 rings (SSSR count). The zero-order chi connectivity index (χ0) is 17.1. The molecule has 0 bridgehead atoms. The Morgan fingerprint density at radius 1 is 1.40 bits per heavy atom. The van der Waals surface area contributed by atoms with E-state index in [-0.39, 0.29) is 24.4 Å². The van der Waals surface area contributed by atoms with Gasteiger partial charge in [0.2, 0.25) is 0 Å². The van der Waals surface area contributed by atoms with Gasteiger partial charge in [0.25, 0.3) is 5.91 Å². The van der Waals surface area contributed by atoms with Crippen LogP contribution in [-0.4, -0.2) is 36.6 Å². The van der Waals surface area contributed by atoms with Gasteiger partial charge in [0.05, 0.1) is 20.3 Å². The zero-order valence-electron chi connectivity index (χ0n) is 14.2. The van der Waals surface area contributed by atoms with E-state index in [0.717, 1.165) is 34.9 Å². The number of benzene rings is 1. The Morgan fingerprint density at radius 3 is 2.84 bits per heavy atom. The van der Waals surface area contributed by atoms with Crippen LogP contribution in [0, 0.1) is 0 Å². The number of likely N-dealkylation sites (tertiary alicyclic amines) is 1. The van der Waals surface area contributed by atoms with Crippen LogP contribution in [0.4, 0.5) is 0 Å². The summed E-state index contributed by atoms with van der Waals surface area (Å²) in [4.78, 5) is 19.0. The lowest BCUT2D eigenvalue weighted by atomic mass is 10.0. The van der Waals surface area contributed by atoms with Crippen molar-refractivity contribution < 1.29 is 14.3 Å². The molecule has 0 spiro atoms. The van der Waals surface area contributed by atoms with E-state index in [9.17, 15) is 4.79 Å². The van der Waals surface area contributed by atoms with E-state index in [1.54, 1.807) is 19.6 Å². The third kappa shape index (κ3) is 3.89. The Bertz CT molecular complexity index is 738. The normalized spacial score (nSPS) is 16.4. The molecule has 1 aliphatic rings. The lowest BCUT2D eigenvalue weighted by Gasteiger charge is -2.26. The van der Waals surface area contributed by atoms with E-state index in [4.69, 9.17) is 15.2 Å². The number of aromatic nitrogens is 1. The van der Waals surface area contributed by atoms with Gasteiger partial charge in [0.1, 0.15) is 22.2 Å². The topological polar surface area (TPSA) is 77.7 Å². The number of amides is 1. The number of methoxy groups -OCH3 is 2. The van der Waals surface area contributed by atoms with Gasteiger partial charge in [-0.1, -0.05) is 0 Å².